The zero-order valence-corrected chi connectivity index (χ0v) is 14.0. The van der Waals surface area contributed by atoms with Crippen LogP contribution in [-0.4, -0.2) is 30.2 Å². The van der Waals surface area contributed by atoms with Gasteiger partial charge in [-0.3, -0.25) is 0 Å². The molecule has 1 aromatic rings. The van der Waals surface area contributed by atoms with E-state index in [1.54, 1.807) is 7.11 Å². The molecular formula is C16H26N2OS. The van der Waals surface area contributed by atoms with Crippen molar-refractivity contribution < 1.29 is 4.74 Å². The topological polar surface area (TPSA) is 24.5 Å². The van der Waals surface area contributed by atoms with Gasteiger partial charge in [0, 0.05) is 13.1 Å². The summed E-state index contributed by atoms with van der Waals surface area (Å²) in [7, 11) is 1.67. The standard InChI is InChI=1S/C16H26N2OS/c1-12(2)10-18(11-13(3)4)16(20)17-14-8-6-7-9-15(14)19-5/h6-9,12-13H,10-11H2,1-5H3,(H,17,20). The summed E-state index contributed by atoms with van der Waals surface area (Å²) in [5.74, 6) is 1.96. The highest BCUT2D eigenvalue weighted by molar-refractivity contribution is 7.80. The average Bonchev–Trinajstić information content (AvgIpc) is 2.37. The van der Waals surface area contributed by atoms with Crippen LogP contribution < -0.4 is 10.1 Å². The summed E-state index contributed by atoms with van der Waals surface area (Å²) in [6.07, 6.45) is 0. The molecule has 0 aliphatic rings. The number of nitrogens with one attached hydrogen (secondary N) is 1. The number of hydrogen-bond donors (Lipinski definition) is 1. The molecule has 0 saturated carbocycles. The average molecular weight is 294 g/mol. The molecule has 20 heavy (non-hydrogen) atoms. The number of methoxy groups -OCH3 is 1. The molecule has 0 bridgehead atoms. The summed E-state index contributed by atoms with van der Waals surface area (Å²) < 4.78 is 5.35. The van der Waals surface area contributed by atoms with Crippen LogP contribution in [0.1, 0.15) is 27.7 Å². The Morgan fingerprint density at radius 3 is 2.20 bits per heavy atom. The number of thiocarbonyl (C=S) groups is 1. The van der Waals surface area contributed by atoms with Gasteiger partial charge in [-0.05, 0) is 36.2 Å². The number of rotatable bonds is 6. The van der Waals surface area contributed by atoms with Gasteiger partial charge in [-0.15, -0.1) is 0 Å². The van der Waals surface area contributed by atoms with Crippen LogP contribution in [0, 0.1) is 11.8 Å². The van der Waals surface area contributed by atoms with Crippen molar-refractivity contribution in [3.05, 3.63) is 24.3 Å². The summed E-state index contributed by atoms with van der Waals surface area (Å²) in [5.41, 5.74) is 0.914. The third kappa shape index (κ3) is 5.37. The van der Waals surface area contributed by atoms with E-state index < -0.39 is 0 Å². The fourth-order valence-corrected chi connectivity index (χ4v) is 2.32. The van der Waals surface area contributed by atoms with E-state index in [9.17, 15) is 0 Å². The summed E-state index contributed by atoms with van der Waals surface area (Å²) in [6.45, 7) is 10.7. The number of para-hydroxylation sites is 2. The van der Waals surface area contributed by atoms with E-state index in [1.165, 1.54) is 0 Å². The predicted molar refractivity (Wildman–Crippen MR) is 90.5 cm³/mol. The Labute approximate surface area is 128 Å². The van der Waals surface area contributed by atoms with E-state index in [2.05, 4.69) is 37.9 Å². The summed E-state index contributed by atoms with van der Waals surface area (Å²) in [6, 6.07) is 7.84. The highest BCUT2D eigenvalue weighted by Crippen LogP contribution is 2.23. The lowest BCUT2D eigenvalue weighted by Crippen LogP contribution is -2.39. The van der Waals surface area contributed by atoms with Crippen LogP contribution in [0.3, 0.4) is 0 Å². The summed E-state index contributed by atoms with van der Waals surface area (Å²) in [5, 5.41) is 4.07. The van der Waals surface area contributed by atoms with Crippen LogP contribution in [0.5, 0.6) is 5.75 Å². The first-order valence-electron chi connectivity index (χ1n) is 7.13. The second-order valence-corrected chi connectivity index (χ2v) is 6.21. The molecule has 0 fully saturated rings. The minimum absolute atomic E-state index is 0.575. The van der Waals surface area contributed by atoms with Crippen molar-refractivity contribution in [2.75, 3.05) is 25.5 Å². The van der Waals surface area contributed by atoms with Crippen LogP contribution in [0.25, 0.3) is 0 Å². The number of benzene rings is 1. The lowest BCUT2D eigenvalue weighted by Gasteiger charge is -2.29. The molecule has 0 amide bonds. The van der Waals surface area contributed by atoms with Crippen LogP contribution in [0.2, 0.25) is 0 Å². The normalized spacial score (nSPS) is 10.8. The predicted octanol–water partition coefficient (Wildman–Crippen LogP) is 4.01. The van der Waals surface area contributed by atoms with E-state index in [4.69, 9.17) is 17.0 Å². The van der Waals surface area contributed by atoms with Gasteiger partial charge in [-0.1, -0.05) is 39.8 Å². The molecule has 0 aliphatic carbocycles. The SMILES string of the molecule is COc1ccccc1NC(=S)N(CC(C)C)CC(C)C. The largest absolute Gasteiger partial charge is 0.495 e. The van der Waals surface area contributed by atoms with Gasteiger partial charge in [0.05, 0.1) is 12.8 Å². The van der Waals surface area contributed by atoms with Crippen LogP contribution in [-0.2, 0) is 0 Å². The zero-order chi connectivity index (χ0) is 15.1. The Morgan fingerprint density at radius 2 is 1.70 bits per heavy atom. The second kappa shape index (κ2) is 8.10. The fraction of sp³-hybridized carbons (Fsp3) is 0.562. The number of nitrogens with zero attached hydrogens (tertiary/aromatic N) is 1. The van der Waals surface area contributed by atoms with Gasteiger partial charge in [0.15, 0.2) is 5.11 Å². The van der Waals surface area contributed by atoms with Crippen LogP contribution in [0.4, 0.5) is 5.69 Å². The van der Waals surface area contributed by atoms with Crippen molar-refractivity contribution in [3.63, 3.8) is 0 Å². The Bertz CT molecular complexity index is 422. The van der Waals surface area contributed by atoms with E-state index in [0.29, 0.717) is 11.8 Å². The molecule has 0 spiro atoms. The Balaban J connectivity index is 2.79. The van der Waals surface area contributed by atoms with E-state index in [-0.39, 0.29) is 0 Å². The molecule has 1 rings (SSSR count). The molecule has 0 atom stereocenters. The van der Waals surface area contributed by atoms with Crippen molar-refractivity contribution in [1.82, 2.24) is 4.90 Å². The van der Waals surface area contributed by atoms with Gasteiger partial charge in [-0.2, -0.15) is 0 Å². The quantitative estimate of drug-likeness (QED) is 0.801. The molecule has 1 aromatic carbocycles. The van der Waals surface area contributed by atoms with Crippen LogP contribution >= 0.6 is 12.2 Å². The zero-order valence-electron chi connectivity index (χ0n) is 13.1. The lowest BCUT2D eigenvalue weighted by atomic mass is 10.1. The Hall–Kier alpha value is -1.29. The van der Waals surface area contributed by atoms with Crippen LogP contribution in [0.15, 0.2) is 24.3 Å². The van der Waals surface area contributed by atoms with Gasteiger partial charge >= 0.3 is 0 Å². The van der Waals surface area contributed by atoms with E-state index in [1.807, 2.05) is 24.3 Å². The van der Waals surface area contributed by atoms with Crippen molar-refractivity contribution >= 4 is 23.0 Å². The Morgan fingerprint density at radius 1 is 1.15 bits per heavy atom. The second-order valence-electron chi connectivity index (χ2n) is 5.82. The molecule has 0 radical (unpaired) electrons. The fourth-order valence-electron chi connectivity index (χ4n) is 2.06. The minimum atomic E-state index is 0.575. The molecule has 0 saturated heterocycles. The maximum Gasteiger partial charge on any atom is 0.173 e. The first kappa shape index (κ1) is 16.8. The minimum Gasteiger partial charge on any atom is -0.495 e. The molecule has 0 aliphatic heterocycles. The van der Waals surface area contributed by atoms with E-state index >= 15 is 0 Å². The van der Waals surface area contributed by atoms with Crippen molar-refractivity contribution in [3.8, 4) is 5.75 Å². The molecule has 1 N–H and O–H groups in total. The van der Waals surface area contributed by atoms with Gasteiger partial charge < -0.3 is 15.0 Å². The van der Waals surface area contributed by atoms with E-state index in [0.717, 1.165) is 29.6 Å². The first-order valence-corrected chi connectivity index (χ1v) is 7.53. The van der Waals surface area contributed by atoms with Crippen molar-refractivity contribution in [2.24, 2.45) is 11.8 Å². The summed E-state index contributed by atoms with van der Waals surface area (Å²) >= 11 is 5.56. The molecule has 4 heteroatoms. The van der Waals surface area contributed by atoms with Gasteiger partial charge in [0.1, 0.15) is 5.75 Å². The smallest absolute Gasteiger partial charge is 0.173 e. The van der Waals surface area contributed by atoms with Gasteiger partial charge in [0.25, 0.3) is 0 Å². The number of anilines is 1. The lowest BCUT2D eigenvalue weighted by molar-refractivity contribution is 0.332. The maximum absolute atomic E-state index is 5.56. The number of ether oxygens (including phenoxy) is 1. The molecule has 112 valence electrons. The maximum atomic E-state index is 5.56. The molecule has 0 heterocycles. The Kier molecular flexibility index (Phi) is 6.79. The third-order valence-corrected chi connectivity index (χ3v) is 3.17. The molecule has 3 nitrogen and oxygen atoms in total. The highest BCUT2D eigenvalue weighted by atomic mass is 32.1. The van der Waals surface area contributed by atoms with Gasteiger partial charge in [-0.25, -0.2) is 0 Å². The van der Waals surface area contributed by atoms with Crippen molar-refractivity contribution in [1.29, 1.82) is 0 Å². The molecule has 0 unspecified atom stereocenters. The first-order chi connectivity index (χ1) is 9.43. The third-order valence-electron chi connectivity index (χ3n) is 2.81. The highest BCUT2D eigenvalue weighted by Gasteiger charge is 2.14. The monoisotopic (exact) mass is 294 g/mol. The van der Waals surface area contributed by atoms with Gasteiger partial charge in [0.2, 0.25) is 0 Å². The summed E-state index contributed by atoms with van der Waals surface area (Å²) in [4.78, 5) is 2.23. The molecule has 0 aromatic heterocycles. The number of hydrogen-bond acceptors (Lipinski definition) is 2. The van der Waals surface area contributed by atoms with Crippen molar-refractivity contribution in [2.45, 2.75) is 27.7 Å². The molecular weight excluding hydrogens is 268 g/mol.